The van der Waals surface area contributed by atoms with Gasteiger partial charge in [0.1, 0.15) is 35.1 Å². The van der Waals surface area contributed by atoms with Gasteiger partial charge in [0.05, 0.1) is 0 Å². The minimum absolute atomic E-state index is 0.0133. The molecule has 0 aromatic heterocycles. The van der Waals surface area contributed by atoms with Crippen molar-refractivity contribution < 1.29 is 33.8 Å². The number of esters is 1. The first-order chi connectivity index (χ1) is 21.8. The quantitative estimate of drug-likeness (QED) is 0.203. The number of amides is 3. The van der Waals surface area contributed by atoms with Crippen LogP contribution in [-0.4, -0.2) is 74.7 Å². The van der Waals surface area contributed by atoms with Crippen molar-refractivity contribution in [2.75, 3.05) is 12.0 Å². The Hall–Kier alpha value is -3.73. The predicted octanol–water partition coefficient (Wildman–Crippen LogP) is 6.17. The van der Waals surface area contributed by atoms with Crippen molar-refractivity contribution in [2.24, 2.45) is 0 Å². The number of nitrogens with one attached hydrogen (secondary N) is 2. The molecule has 0 aliphatic rings. The summed E-state index contributed by atoms with van der Waals surface area (Å²) in [5, 5.41) is 15.7. The highest BCUT2D eigenvalue weighted by Crippen LogP contribution is 2.33. The van der Waals surface area contributed by atoms with E-state index in [1.165, 1.54) is 28.8 Å². The van der Waals surface area contributed by atoms with E-state index in [0.29, 0.717) is 17.7 Å². The van der Waals surface area contributed by atoms with Gasteiger partial charge in [0, 0.05) is 12.0 Å². The first-order valence-corrected chi connectivity index (χ1v) is 17.3. The summed E-state index contributed by atoms with van der Waals surface area (Å²) in [5.41, 5.74) is -1.27. The van der Waals surface area contributed by atoms with Gasteiger partial charge in [0.25, 0.3) is 0 Å². The van der Waals surface area contributed by atoms with Crippen molar-refractivity contribution in [3.8, 4) is 5.75 Å². The van der Waals surface area contributed by atoms with Crippen molar-refractivity contribution in [2.45, 2.75) is 116 Å². The molecule has 0 saturated heterocycles. The molecule has 47 heavy (non-hydrogen) atoms. The number of aromatic hydroxyl groups is 1. The number of phenolic OH excluding ortho intramolecular Hbond substituents is 1. The summed E-state index contributed by atoms with van der Waals surface area (Å²) in [4.78, 5) is 57.1. The molecule has 0 bridgehead atoms. The van der Waals surface area contributed by atoms with Gasteiger partial charge in [-0.15, -0.1) is 0 Å². The van der Waals surface area contributed by atoms with E-state index >= 15 is 0 Å². The largest absolute Gasteiger partial charge is 0.508 e. The van der Waals surface area contributed by atoms with Crippen LogP contribution < -0.4 is 10.6 Å². The number of benzene rings is 2. The number of nitrogens with zero attached hydrogens (tertiary/aromatic N) is 1. The van der Waals surface area contributed by atoms with Gasteiger partial charge in [0.15, 0.2) is 0 Å². The molecule has 10 nitrogen and oxygen atoms in total. The van der Waals surface area contributed by atoms with Crippen molar-refractivity contribution >= 4 is 35.6 Å². The number of carbonyl (C=O) groups excluding carboxylic acids is 4. The summed E-state index contributed by atoms with van der Waals surface area (Å²) in [7, 11) is 0. The number of phenols is 1. The van der Waals surface area contributed by atoms with Crippen LogP contribution in [0.5, 0.6) is 5.75 Å². The second-order valence-corrected chi connectivity index (χ2v) is 15.1. The zero-order valence-corrected chi connectivity index (χ0v) is 30.3. The maximum absolute atomic E-state index is 14.7. The van der Waals surface area contributed by atoms with Crippen LogP contribution in [0.1, 0.15) is 92.3 Å². The number of carbonyl (C=O) groups is 4. The smallest absolute Gasteiger partial charge is 0.408 e. The summed E-state index contributed by atoms with van der Waals surface area (Å²) in [6, 6.07) is 12.0. The number of ether oxygens (including phenoxy) is 2. The van der Waals surface area contributed by atoms with Crippen molar-refractivity contribution in [1.82, 2.24) is 15.5 Å². The highest BCUT2D eigenvalue weighted by Gasteiger charge is 2.44. The average molecular weight is 672 g/mol. The lowest BCUT2D eigenvalue weighted by molar-refractivity contribution is -0.159. The van der Waals surface area contributed by atoms with Crippen LogP contribution in [0.4, 0.5) is 4.79 Å². The first kappa shape index (κ1) is 39.4. The Bertz CT molecular complexity index is 1340. The van der Waals surface area contributed by atoms with Gasteiger partial charge in [0.2, 0.25) is 11.8 Å². The topological polar surface area (TPSA) is 134 Å². The Morgan fingerprint density at radius 3 is 1.91 bits per heavy atom. The average Bonchev–Trinajstić information content (AvgIpc) is 2.96. The Morgan fingerprint density at radius 2 is 1.40 bits per heavy atom. The van der Waals surface area contributed by atoms with E-state index in [2.05, 4.69) is 10.6 Å². The van der Waals surface area contributed by atoms with Crippen molar-refractivity contribution in [3.63, 3.8) is 0 Å². The van der Waals surface area contributed by atoms with Gasteiger partial charge in [-0.2, -0.15) is 11.8 Å². The molecule has 3 atom stereocenters. The molecule has 260 valence electrons. The fraction of sp³-hybridized carbons (Fsp3) is 0.556. The van der Waals surface area contributed by atoms with Crippen LogP contribution in [-0.2, 0) is 30.3 Å². The number of alkyl carbamates (subject to hydrolysis) is 1. The first-order valence-electron chi connectivity index (χ1n) is 16.0. The molecule has 2 aromatic rings. The van der Waals surface area contributed by atoms with E-state index in [0.717, 1.165) is 5.56 Å². The zero-order valence-electron chi connectivity index (χ0n) is 29.5. The minimum Gasteiger partial charge on any atom is -0.508 e. The molecule has 0 fully saturated rings. The number of thioether (sulfide) groups is 1. The van der Waals surface area contributed by atoms with Crippen LogP contribution in [0.25, 0.3) is 0 Å². The number of hydrogen-bond acceptors (Lipinski definition) is 8. The molecule has 3 unspecified atom stereocenters. The van der Waals surface area contributed by atoms with E-state index in [1.54, 1.807) is 53.7 Å². The fourth-order valence-corrected chi connectivity index (χ4v) is 5.27. The van der Waals surface area contributed by atoms with Gasteiger partial charge in [-0.05, 0) is 103 Å². The molecule has 3 N–H and O–H groups in total. The van der Waals surface area contributed by atoms with Gasteiger partial charge < -0.3 is 30.1 Å². The minimum atomic E-state index is -1.24. The SMILES string of the molecule is CCC(C)(C)N(C(=O)C(CCSC)NC(=O)OC(C)(C)C)C(C(=O)NC(Cc1ccccc1)C(=O)OC(C)(C)C)c1ccc(O)cc1. The van der Waals surface area contributed by atoms with Gasteiger partial charge in [-0.25, -0.2) is 9.59 Å². The molecule has 0 saturated carbocycles. The van der Waals surface area contributed by atoms with E-state index in [1.807, 2.05) is 57.4 Å². The molecule has 3 amide bonds. The highest BCUT2D eigenvalue weighted by atomic mass is 32.2. The van der Waals surface area contributed by atoms with E-state index in [-0.39, 0.29) is 18.6 Å². The van der Waals surface area contributed by atoms with E-state index in [4.69, 9.17) is 9.47 Å². The molecule has 2 rings (SSSR count). The molecule has 0 spiro atoms. The van der Waals surface area contributed by atoms with E-state index < -0.39 is 58.7 Å². The lowest BCUT2D eigenvalue weighted by Gasteiger charge is -2.45. The lowest BCUT2D eigenvalue weighted by atomic mass is 9.91. The maximum atomic E-state index is 14.7. The third kappa shape index (κ3) is 12.8. The summed E-state index contributed by atoms with van der Waals surface area (Å²) in [6.07, 6.45) is 2.06. The molecular weight excluding hydrogens is 618 g/mol. The Morgan fingerprint density at radius 1 is 0.830 bits per heavy atom. The van der Waals surface area contributed by atoms with Crippen LogP contribution in [0.15, 0.2) is 54.6 Å². The predicted molar refractivity (Wildman–Crippen MR) is 186 cm³/mol. The standard InChI is InChI=1S/C36H53N3O7S/c1-11-36(8,9)39(31(42)27(21-22-47-10)38-33(44)46-35(5,6)7)29(25-17-19-26(40)20-18-25)30(41)37-28(32(43)45-34(2,3)4)23-24-15-13-12-14-16-24/h12-20,27-29,40H,11,21-23H2,1-10H3,(H,37,41)(H,38,44). The molecule has 0 aliphatic carbocycles. The third-order valence-corrected chi connectivity index (χ3v) is 8.00. The lowest BCUT2D eigenvalue weighted by Crippen LogP contribution is -2.60. The Labute approximate surface area is 284 Å². The molecular formula is C36H53N3O7S. The van der Waals surface area contributed by atoms with Gasteiger partial charge in [-0.1, -0.05) is 49.4 Å². The van der Waals surface area contributed by atoms with E-state index in [9.17, 15) is 24.3 Å². The maximum Gasteiger partial charge on any atom is 0.408 e. The number of rotatable bonds is 14. The van der Waals surface area contributed by atoms with Crippen LogP contribution in [0.3, 0.4) is 0 Å². The fourth-order valence-electron chi connectivity index (χ4n) is 4.80. The molecule has 11 heteroatoms. The number of hydrogen-bond donors (Lipinski definition) is 3. The molecule has 0 aliphatic heterocycles. The third-order valence-electron chi connectivity index (χ3n) is 7.36. The van der Waals surface area contributed by atoms with Crippen LogP contribution in [0.2, 0.25) is 0 Å². The Kier molecular flexibility index (Phi) is 14.2. The van der Waals surface area contributed by atoms with Crippen molar-refractivity contribution in [3.05, 3.63) is 65.7 Å². The second-order valence-electron chi connectivity index (χ2n) is 14.1. The summed E-state index contributed by atoms with van der Waals surface area (Å²) in [5.74, 6) is -1.17. The molecule has 0 radical (unpaired) electrons. The second kappa shape index (κ2) is 16.9. The normalized spacial score (nSPS) is 13.9. The molecule has 0 heterocycles. The van der Waals surface area contributed by atoms with Crippen LogP contribution in [0, 0.1) is 0 Å². The Balaban J connectivity index is 2.68. The summed E-state index contributed by atoms with van der Waals surface area (Å²) < 4.78 is 11.2. The van der Waals surface area contributed by atoms with Crippen molar-refractivity contribution in [1.29, 1.82) is 0 Å². The monoisotopic (exact) mass is 671 g/mol. The van der Waals surface area contributed by atoms with Gasteiger partial charge in [-0.3, -0.25) is 9.59 Å². The molecule has 2 aromatic carbocycles. The summed E-state index contributed by atoms with van der Waals surface area (Å²) in [6.45, 7) is 16.1. The van der Waals surface area contributed by atoms with Crippen LogP contribution >= 0.6 is 11.8 Å². The summed E-state index contributed by atoms with van der Waals surface area (Å²) >= 11 is 1.52. The highest BCUT2D eigenvalue weighted by molar-refractivity contribution is 7.98. The zero-order chi connectivity index (χ0) is 35.6. The van der Waals surface area contributed by atoms with Gasteiger partial charge >= 0.3 is 12.1 Å².